The molecule has 3 aromatic carbocycles. The van der Waals surface area contributed by atoms with Crippen molar-refractivity contribution in [1.82, 2.24) is 8.61 Å². The van der Waals surface area contributed by atoms with Crippen molar-refractivity contribution in [2.45, 2.75) is 40.9 Å². The van der Waals surface area contributed by atoms with Crippen LogP contribution in [0, 0.1) is 20.2 Å². The molecule has 3 atom stereocenters. The molecule has 17 heteroatoms. The Morgan fingerprint density at radius 1 is 0.822 bits per heavy atom. The first-order valence-electron chi connectivity index (χ1n) is 13.3. The number of hydrogen-bond acceptors (Lipinski definition) is 11. The molecule has 45 heavy (non-hydrogen) atoms. The Hall–Kier alpha value is -4.55. The lowest BCUT2D eigenvalue weighted by molar-refractivity contribution is -0.385. The highest BCUT2D eigenvalue weighted by Gasteiger charge is 2.42. The normalized spacial score (nSPS) is 18.5. The molecule has 0 unspecified atom stereocenters. The summed E-state index contributed by atoms with van der Waals surface area (Å²) >= 11 is 0. The number of methoxy groups -OCH3 is 1. The molecule has 3 aromatic rings. The number of ether oxygens (including phenoxy) is 1. The Bertz CT molecular complexity index is 1800. The molecule has 0 saturated carbocycles. The maximum absolute atomic E-state index is 14.0. The fourth-order valence-electron chi connectivity index (χ4n) is 4.80. The Balaban J connectivity index is 1.77. The third-order valence-corrected chi connectivity index (χ3v) is 10.9. The zero-order valence-corrected chi connectivity index (χ0v) is 25.3. The minimum absolute atomic E-state index is 0.255. The summed E-state index contributed by atoms with van der Waals surface area (Å²) in [5, 5.41) is 33.3. The number of aliphatic hydroxyl groups excluding tert-OH is 1. The topological polar surface area (TPSA) is 208 Å². The molecule has 1 aliphatic rings. The van der Waals surface area contributed by atoms with Crippen LogP contribution in [0.15, 0.2) is 101 Å². The van der Waals surface area contributed by atoms with Gasteiger partial charge in [-0.2, -0.15) is 8.61 Å². The van der Waals surface area contributed by atoms with Gasteiger partial charge in [0.2, 0.25) is 20.0 Å². The lowest BCUT2D eigenvalue weighted by atomic mass is 9.94. The molecule has 0 aliphatic heterocycles. The number of non-ortho nitro benzene ring substituents is 2. The van der Waals surface area contributed by atoms with E-state index in [0.717, 1.165) is 64.3 Å². The van der Waals surface area contributed by atoms with Crippen molar-refractivity contribution in [1.29, 1.82) is 0 Å². The highest BCUT2D eigenvalue weighted by Crippen LogP contribution is 2.32. The van der Waals surface area contributed by atoms with Crippen LogP contribution in [0.3, 0.4) is 0 Å². The van der Waals surface area contributed by atoms with Gasteiger partial charge in [-0.3, -0.25) is 25.0 Å². The number of carbonyl (C=O) groups is 1. The van der Waals surface area contributed by atoms with Gasteiger partial charge in [-0.15, -0.1) is 0 Å². The van der Waals surface area contributed by atoms with E-state index >= 15 is 0 Å². The molecule has 0 bridgehead atoms. The largest absolute Gasteiger partial charge is 0.468 e. The molecule has 1 aliphatic carbocycles. The summed E-state index contributed by atoms with van der Waals surface area (Å²) in [6.45, 7) is -1.05. The predicted octanol–water partition coefficient (Wildman–Crippen LogP) is 2.62. The Morgan fingerprint density at radius 2 is 1.31 bits per heavy atom. The van der Waals surface area contributed by atoms with Crippen LogP contribution in [-0.4, -0.2) is 78.2 Å². The average Bonchev–Trinajstić information content (AvgIpc) is 3.03. The summed E-state index contributed by atoms with van der Waals surface area (Å²) < 4.78 is 62.1. The van der Waals surface area contributed by atoms with E-state index in [1.54, 1.807) is 30.3 Å². The number of nitro groups is 2. The summed E-state index contributed by atoms with van der Waals surface area (Å²) in [6, 6.07) is 14.1. The van der Waals surface area contributed by atoms with E-state index in [0.29, 0.717) is 5.56 Å². The molecule has 0 aromatic heterocycles. The summed E-state index contributed by atoms with van der Waals surface area (Å²) in [7, 11) is -7.93. The summed E-state index contributed by atoms with van der Waals surface area (Å²) in [4.78, 5) is 32.6. The van der Waals surface area contributed by atoms with E-state index in [9.17, 15) is 47.0 Å². The molecular formula is C28H28N4O11S2. The number of nitrogens with zero attached hydrogens (tertiary/aromatic N) is 4. The van der Waals surface area contributed by atoms with Crippen molar-refractivity contribution in [2.75, 3.05) is 13.7 Å². The third-order valence-electron chi connectivity index (χ3n) is 7.15. The first kappa shape index (κ1) is 33.3. The van der Waals surface area contributed by atoms with Gasteiger partial charge in [0.25, 0.3) is 11.4 Å². The lowest BCUT2D eigenvalue weighted by Gasteiger charge is -2.40. The Morgan fingerprint density at radius 3 is 1.78 bits per heavy atom. The number of hydrogen-bond donors (Lipinski definition) is 1. The van der Waals surface area contributed by atoms with Gasteiger partial charge in [-0.25, -0.2) is 16.8 Å². The first-order valence-corrected chi connectivity index (χ1v) is 16.1. The Labute approximate surface area is 258 Å². The second-order valence-corrected chi connectivity index (χ2v) is 13.7. The number of sulfonamides is 2. The van der Waals surface area contributed by atoms with Gasteiger partial charge in [0.15, 0.2) is 0 Å². The molecule has 238 valence electrons. The number of benzene rings is 3. The molecule has 0 radical (unpaired) electrons. The fourth-order valence-corrected chi connectivity index (χ4v) is 7.98. The van der Waals surface area contributed by atoms with E-state index in [-0.39, 0.29) is 34.1 Å². The smallest absolute Gasteiger partial charge is 0.321 e. The van der Waals surface area contributed by atoms with Crippen LogP contribution in [0.4, 0.5) is 11.4 Å². The molecular weight excluding hydrogens is 632 g/mol. The maximum Gasteiger partial charge on any atom is 0.321 e. The molecule has 1 N–H and O–H groups in total. The van der Waals surface area contributed by atoms with Crippen molar-refractivity contribution in [3.8, 4) is 0 Å². The van der Waals surface area contributed by atoms with Gasteiger partial charge in [0.1, 0.15) is 6.54 Å². The van der Waals surface area contributed by atoms with Crippen LogP contribution >= 0.6 is 0 Å². The Kier molecular flexibility index (Phi) is 10.1. The maximum atomic E-state index is 14.0. The van der Waals surface area contributed by atoms with Crippen LogP contribution in [0.1, 0.15) is 12.0 Å². The van der Waals surface area contributed by atoms with E-state index < -0.39 is 60.6 Å². The minimum atomic E-state index is -4.53. The van der Waals surface area contributed by atoms with Crippen LogP contribution in [0.25, 0.3) is 0 Å². The third kappa shape index (κ3) is 7.40. The van der Waals surface area contributed by atoms with Crippen LogP contribution in [0.5, 0.6) is 0 Å². The molecule has 0 saturated heterocycles. The SMILES string of the molecule is COC(=O)CN([C@H]1C=C[C@@H](O)[C@@H](N(Cc2ccccc2)S(=O)(=O)c2ccc([N+](=O)[O-])cc2)C1)S(=O)(=O)c1ccc([N+](=O)[O-])cc1. The average molecular weight is 661 g/mol. The quantitative estimate of drug-likeness (QED) is 0.129. The second kappa shape index (κ2) is 13.6. The number of nitro benzene ring substituents is 2. The summed E-state index contributed by atoms with van der Waals surface area (Å²) in [5.41, 5.74) is -0.160. The number of aliphatic hydroxyl groups is 1. The standard InChI is InChI=1S/C28H28N4O11S2/c1-43-28(34)19-29(44(39,40)24-12-7-21(8-13-24)31(35)36)23-11-16-27(33)26(17-23)30(18-20-5-3-2-4-6-20)45(41,42)25-14-9-22(10-15-25)32(37)38/h2-16,23,26-27,33H,17-19H2,1H3/t23-,26-,27+/m0/s1. The second-order valence-electron chi connectivity index (χ2n) is 9.91. The van der Waals surface area contributed by atoms with Crippen molar-refractivity contribution < 1.29 is 41.3 Å². The number of carbonyl (C=O) groups excluding carboxylic acids is 1. The van der Waals surface area contributed by atoms with Gasteiger partial charge >= 0.3 is 5.97 Å². The van der Waals surface area contributed by atoms with Crippen LogP contribution < -0.4 is 0 Å². The van der Waals surface area contributed by atoms with E-state index in [2.05, 4.69) is 0 Å². The van der Waals surface area contributed by atoms with Crippen molar-refractivity contribution in [3.05, 3.63) is 117 Å². The minimum Gasteiger partial charge on any atom is -0.468 e. The fraction of sp³-hybridized carbons (Fsp3) is 0.250. The van der Waals surface area contributed by atoms with Crippen molar-refractivity contribution in [3.63, 3.8) is 0 Å². The molecule has 0 fully saturated rings. The highest BCUT2D eigenvalue weighted by atomic mass is 32.2. The zero-order valence-electron chi connectivity index (χ0n) is 23.6. The lowest BCUT2D eigenvalue weighted by Crippen LogP contribution is -2.53. The zero-order chi connectivity index (χ0) is 32.9. The van der Waals surface area contributed by atoms with Crippen molar-refractivity contribution in [2.24, 2.45) is 0 Å². The number of esters is 1. The van der Waals surface area contributed by atoms with Gasteiger partial charge in [0, 0.05) is 36.9 Å². The molecule has 4 rings (SSSR count). The summed E-state index contributed by atoms with van der Waals surface area (Å²) in [6.07, 6.45) is 0.809. The molecule has 0 spiro atoms. The summed E-state index contributed by atoms with van der Waals surface area (Å²) in [5.74, 6) is -0.934. The van der Waals surface area contributed by atoms with E-state index in [1.165, 1.54) is 12.2 Å². The van der Waals surface area contributed by atoms with Crippen LogP contribution in [0.2, 0.25) is 0 Å². The molecule has 0 amide bonds. The van der Waals surface area contributed by atoms with Crippen LogP contribution in [-0.2, 0) is 36.1 Å². The highest BCUT2D eigenvalue weighted by molar-refractivity contribution is 7.89. The van der Waals surface area contributed by atoms with Gasteiger partial charge < -0.3 is 9.84 Å². The first-order chi connectivity index (χ1) is 21.2. The molecule has 15 nitrogen and oxygen atoms in total. The van der Waals surface area contributed by atoms with Gasteiger partial charge in [-0.05, 0) is 36.2 Å². The van der Waals surface area contributed by atoms with Crippen molar-refractivity contribution >= 4 is 37.4 Å². The van der Waals surface area contributed by atoms with Gasteiger partial charge in [0.05, 0.1) is 38.9 Å². The predicted molar refractivity (Wildman–Crippen MR) is 159 cm³/mol. The monoisotopic (exact) mass is 660 g/mol. The van der Waals surface area contributed by atoms with E-state index in [1.807, 2.05) is 0 Å². The van der Waals surface area contributed by atoms with Gasteiger partial charge in [-0.1, -0.05) is 42.5 Å². The molecule has 0 heterocycles. The number of rotatable bonds is 12. The van der Waals surface area contributed by atoms with E-state index in [4.69, 9.17) is 4.74 Å².